The molecule has 0 radical (unpaired) electrons. The zero-order chi connectivity index (χ0) is 16.1. The number of hydrogen-bond donors (Lipinski definition) is 0. The van der Waals surface area contributed by atoms with Crippen molar-refractivity contribution in [2.75, 3.05) is 7.05 Å². The molecule has 0 unspecified atom stereocenters. The van der Waals surface area contributed by atoms with Gasteiger partial charge >= 0.3 is 0 Å². The first-order chi connectivity index (χ1) is 11.2. The van der Waals surface area contributed by atoms with E-state index in [0.29, 0.717) is 6.04 Å². The lowest BCUT2D eigenvalue weighted by Crippen LogP contribution is -2.30. The minimum atomic E-state index is 0.385. The minimum Gasteiger partial charge on any atom is -0.297 e. The first-order valence-corrected chi connectivity index (χ1v) is 8.55. The molecular weight excluding hydrogens is 304 g/mol. The van der Waals surface area contributed by atoms with Gasteiger partial charge in [-0.25, -0.2) is 4.98 Å². The summed E-state index contributed by atoms with van der Waals surface area (Å²) in [6.45, 7) is 3.05. The standard InChI is InChI=1S/C18H20N4S/c1-14(10-16-11-19-8-9-20-16)22(2)12-18-21-17(13-23-18)15-6-4-3-5-7-15/h3-9,11,13-14H,10,12H2,1-2H3/t14-/m0/s1. The zero-order valence-electron chi connectivity index (χ0n) is 13.4. The van der Waals surface area contributed by atoms with Crippen molar-refractivity contribution in [1.29, 1.82) is 0 Å². The Morgan fingerprint density at radius 1 is 1.17 bits per heavy atom. The Hall–Kier alpha value is -2.11. The lowest BCUT2D eigenvalue weighted by Gasteiger charge is -2.23. The first-order valence-electron chi connectivity index (χ1n) is 7.67. The Labute approximate surface area is 140 Å². The summed E-state index contributed by atoms with van der Waals surface area (Å²) in [4.78, 5) is 15.5. The van der Waals surface area contributed by atoms with Crippen LogP contribution in [0.5, 0.6) is 0 Å². The minimum absolute atomic E-state index is 0.385. The zero-order valence-corrected chi connectivity index (χ0v) is 14.2. The predicted octanol–water partition coefficient (Wildman–Crippen LogP) is 3.66. The molecule has 0 bridgehead atoms. The molecule has 0 aliphatic carbocycles. The van der Waals surface area contributed by atoms with E-state index in [9.17, 15) is 0 Å². The summed E-state index contributed by atoms with van der Waals surface area (Å²) in [7, 11) is 2.13. The van der Waals surface area contributed by atoms with Crippen LogP contribution in [0, 0.1) is 0 Å². The summed E-state index contributed by atoms with van der Waals surface area (Å²) < 4.78 is 0. The largest absolute Gasteiger partial charge is 0.297 e. The van der Waals surface area contributed by atoms with Crippen molar-refractivity contribution < 1.29 is 0 Å². The molecule has 0 saturated carbocycles. The molecular formula is C18H20N4S. The maximum Gasteiger partial charge on any atom is 0.107 e. The molecule has 0 spiro atoms. The van der Waals surface area contributed by atoms with E-state index in [0.717, 1.165) is 29.4 Å². The van der Waals surface area contributed by atoms with Gasteiger partial charge in [-0.2, -0.15) is 0 Å². The fourth-order valence-corrected chi connectivity index (χ4v) is 3.25. The average molecular weight is 324 g/mol. The summed E-state index contributed by atoms with van der Waals surface area (Å²) in [5.41, 5.74) is 3.25. The van der Waals surface area contributed by atoms with Gasteiger partial charge in [-0.3, -0.25) is 14.9 Å². The van der Waals surface area contributed by atoms with Gasteiger partial charge in [0, 0.05) is 42.0 Å². The van der Waals surface area contributed by atoms with Gasteiger partial charge in [0.25, 0.3) is 0 Å². The second-order valence-electron chi connectivity index (χ2n) is 5.66. The molecule has 0 aliphatic heterocycles. The highest BCUT2D eigenvalue weighted by molar-refractivity contribution is 7.09. The quantitative estimate of drug-likeness (QED) is 0.694. The number of benzene rings is 1. The fraction of sp³-hybridized carbons (Fsp3) is 0.278. The predicted molar refractivity (Wildman–Crippen MR) is 94.2 cm³/mol. The Morgan fingerprint density at radius 3 is 2.74 bits per heavy atom. The lowest BCUT2D eigenvalue weighted by atomic mass is 10.1. The number of nitrogens with zero attached hydrogens (tertiary/aromatic N) is 4. The van der Waals surface area contributed by atoms with Crippen LogP contribution in [-0.2, 0) is 13.0 Å². The van der Waals surface area contributed by atoms with Gasteiger partial charge in [0.2, 0.25) is 0 Å². The van der Waals surface area contributed by atoms with Crippen LogP contribution in [0.25, 0.3) is 11.3 Å². The third-order valence-corrected chi connectivity index (χ3v) is 4.71. The summed E-state index contributed by atoms with van der Waals surface area (Å²) in [5.74, 6) is 0. The van der Waals surface area contributed by atoms with E-state index in [1.807, 2.05) is 24.4 Å². The molecule has 1 atom stereocenters. The van der Waals surface area contributed by atoms with Crippen LogP contribution >= 0.6 is 11.3 Å². The third-order valence-electron chi connectivity index (χ3n) is 3.88. The van der Waals surface area contributed by atoms with Crippen LogP contribution in [0.4, 0.5) is 0 Å². The number of hydrogen-bond acceptors (Lipinski definition) is 5. The van der Waals surface area contributed by atoms with Crippen molar-refractivity contribution in [3.05, 3.63) is 65.0 Å². The smallest absolute Gasteiger partial charge is 0.107 e. The van der Waals surface area contributed by atoms with E-state index in [1.165, 1.54) is 5.56 Å². The van der Waals surface area contributed by atoms with Crippen molar-refractivity contribution >= 4 is 11.3 Å². The van der Waals surface area contributed by atoms with Crippen molar-refractivity contribution in [2.24, 2.45) is 0 Å². The van der Waals surface area contributed by atoms with Gasteiger partial charge in [-0.1, -0.05) is 30.3 Å². The lowest BCUT2D eigenvalue weighted by molar-refractivity contribution is 0.246. The molecule has 1 aromatic carbocycles. The summed E-state index contributed by atoms with van der Waals surface area (Å²) in [6.07, 6.45) is 6.18. The monoisotopic (exact) mass is 324 g/mol. The molecule has 2 aromatic heterocycles. The van der Waals surface area contributed by atoms with Gasteiger partial charge in [-0.05, 0) is 14.0 Å². The van der Waals surface area contributed by atoms with Crippen molar-refractivity contribution in [1.82, 2.24) is 19.9 Å². The molecule has 3 rings (SSSR count). The molecule has 0 aliphatic rings. The second-order valence-corrected chi connectivity index (χ2v) is 6.60. The van der Waals surface area contributed by atoms with Crippen molar-refractivity contribution in [3.8, 4) is 11.3 Å². The van der Waals surface area contributed by atoms with E-state index in [2.05, 4.69) is 46.4 Å². The SMILES string of the molecule is C[C@@H](Cc1cnccn1)N(C)Cc1nc(-c2ccccc2)cs1. The number of thiazole rings is 1. The van der Waals surface area contributed by atoms with E-state index in [4.69, 9.17) is 4.98 Å². The molecule has 0 fully saturated rings. The Morgan fingerprint density at radius 2 is 2.00 bits per heavy atom. The average Bonchev–Trinajstić information content (AvgIpc) is 3.05. The van der Waals surface area contributed by atoms with Crippen molar-refractivity contribution in [2.45, 2.75) is 25.9 Å². The maximum atomic E-state index is 4.76. The topological polar surface area (TPSA) is 41.9 Å². The van der Waals surface area contributed by atoms with Crippen LogP contribution in [0.3, 0.4) is 0 Å². The number of rotatable bonds is 6. The van der Waals surface area contributed by atoms with Crippen molar-refractivity contribution in [3.63, 3.8) is 0 Å². The Kier molecular flexibility index (Phi) is 5.10. The van der Waals surface area contributed by atoms with Crippen LogP contribution in [0.2, 0.25) is 0 Å². The summed E-state index contributed by atoms with van der Waals surface area (Å²) >= 11 is 1.72. The van der Waals surface area contributed by atoms with E-state index in [-0.39, 0.29) is 0 Å². The molecule has 2 heterocycles. The van der Waals surface area contributed by atoms with Crippen LogP contribution in [0.1, 0.15) is 17.6 Å². The molecule has 5 heteroatoms. The Balaban J connectivity index is 1.62. The summed E-state index contributed by atoms with van der Waals surface area (Å²) in [5, 5.41) is 3.27. The molecule has 118 valence electrons. The third kappa shape index (κ3) is 4.21. The first kappa shape index (κ1) is 15.8. The number of aromatic nitrogens is 3. The summed E-state index contributed by atoms with van der Waals surface area (Å²) in [6, 6.07) is 10.7. The van der Waals surface area contributed by atoms with Crippen LogP contribution in [0.15, 0.2) is 54.3 Å². The van der Waals surface area contributed by atoms with Gasteiger partial charge < -0.3 is 0 Å². The normalized spacial score (nSPS) is 12.5. The molecule has 0 N–H and O–H groups in total. The highest BCUT2D eigenvalue weighted by Crippen LogP contribution is 2.22. The van der Waals surface area contributed by atoms with Crippen LogP contribution in [-0.4, -0.2) is 32.9 Å². The second kappa shape index (κ2) is 7.44. The van der Waals surface area contributed by atoms with E-state index in [1.54, 1.807) is 23.7 Å². The number of likely N-dealkylation sites (N-methyl/N-ethyl adjacent to an activating group) is 1. The molecule has 3 aromatic rings. The van der Waals surface area contributed by atoms with Gasteiger partial charge in [0.1, 0.15) is 5.01 Å². The molecule has 0 saturated heterocycles. The van der Waals surface area contributed by atoms with Crippen LogP contribution < -0.4 is 0 Å². The molecule has 0 amide bonds. The van der Waals surface area contributed by atoms with E-state index >= 15 is 0 Å². The Bertz CT molecular complexity index is 727. The van der Waals surface area contributed by atoms with Gasteiger partial charge in [0.15, 0.2) is 0 Å². The highest BCUT2D eigenvalue weighted by atomic mass is 32.1. The molecule has 23 heavy (non-hydrogen) atoms. The maximum absolute atomic E-state index is 4.76. The molecule has 4 nitrogen and oxygen atoms in total. The van der Waals surface area contributed by atoms with Gasteiger partial charge in [-0.15, -0.1) is 11.3 Å². The van der Waals surface area contributed by atoms with E-state index < -0.39 is 0 Å². The fourth-order valence-electron chi connectivity index (χ4n) is 2.39. The van der Waals surface area contributed by atoms with Gasteiger partial charge in [0.05, 0.1) is 17.9 Å². The highest BCUT2D eigenvalue weighted by Gasteiger charge is 2.13.